The average Bonchev–Trinajstić information content (AvgIpc) is 2.47. The Hall–Kier alpha value is -1.95. The lowest BCUT2D eigenvalue weighted by molar-refractivity contribution is 0.0687. The minimum absolute atomic E-state index is 0.0267. The molecule has 1 saturated carbocycles. The quantitative estimate of drug-likeness (QED) is 0.764. The van der Waals surface area contributed by atoms with Crippen LogP contribution in [0.1, 0.15) is 46.5 Å². The number of nitrogens with one attached hydrogen (secondary N) is 1. The monoisotopic (exact) mass is 278 g/mol. The third-order valence-corrected chi connectivity index (χ3v) is 3.71. The van der Waals surface area contributed by atoms with Crippen LogP contribution < -0.4 is 5.32 Å². The van der Waals surface area contributed by atoms with Gasteiger partial charge >= 0.3 is 5.97 Å². The summed E-state index contributed by atoms with van der Waals surface area (Å²) in [5, 5.41) is 21.2. The number of aromatic nitrogens is 1. The molecule has 0 spiro atoms. The molecule has 2 unspecified atom stereocenters. The van der Waals surface area contributed by atoms with Crippen LogP contribution in [-0.4, -0.2) is 39.7 Å². The van der Waals surface area contributed by atoms with Gasteiger partial charge in [0.15, 0.2) is 0 Å². The Morgan fingerprint density at radius 2 is 2.10 bits per heavy atom. The van der Waals surface area contributed by atoms with Gasteiger partial charge in [-0.15, -0.1) is 0 Å². The minimum atomic E-state index is -1.18. The van der Waals surface area contributed by atoms with Gasteiger partial charge in [-0.25, -0.2) is 4.79 Å². The van der Waals surface area contributed by atoms with Crippen molar-refractivity contribution < 1.29 is 19.8 Å². The molecule has 0 aromatic carbocycles. The second kappa shape index (κ2) is 6.47. The molecule has 1 aromatic rings. The average molecular weight is 278 g/mol. The maximum Gasteiger partial charge on any atom is 0.338 e. The number of carboxylic acid groups (broad SMARTS) is 1. The van der Waals surface area contributed by atoms with Crippen LogP contribution in [0.5, 0.6) is 0 Å². The molecule has 0 aliphatic heterocycles. The highest BCUT2D eigenvalue weighted by Gasteiger charge is 2.27. The number of amides is 1. The molecular weight excluding hydrogens is 260 g/mol. The van der Waals surface area contributed by atoms with Gasteiger partial charge in [0, 0.05) is 24.8 Å². The molecule has 1 fully saturated rings. The van der Waals surface area contributed by atoms with Gasteiger partial charge < -0.3 is 15.5 Å². The number of aliphatic hydroxyl groups excluding tert-OH is 1. The van der Waals surface area contributed by atoms with Crippen molar-refractivity contribution in [2.75, 3.05) is 6.61 Å². The Morgan fingerprint density at radius 1 is 1.35 bits per heavy atom. The van der Waals surface area contributed by atoms with E-state index >= 15 is 0 Å². The number of hydrogen-bond donors (Lipinski definition) is 3. The van der Waals surface area contributed by atoms with Crippen LogP contribution >= 0.6 is 0 Å². The smallest absolute Gasteiger partial charge is 0.338 e. The van der Waals surface area contributed by atoms with E-state index in [0.29, 0.717) is 0 Å². The van der Waals surface area contributed by atoms with E-state index in [2.05, 4.69) is 10.3 Å². The van der Waals surface area contributed by atoms with Gasteiger partial charge in [-0.05, 0) is 25.0 Å². The van der Waals surface area contributed by atoms with Crippen molar-refractivity contribution in [3.05, 3.63) is 29.6 Å². The summed E-state index contributed by atoms with van der Waals surface area (Å²) in [4.78, 5) is 27.1. The third kappa shape index (κ3) is 3.14. The van der Waals surface area contributed by atoms with Gasteiger partial charge in [0.05, 0.1) is 5.56 Å². The van der Waals surface area contributed by atoms with Gasteiger partial charge in [0.1, 0.15) is 5.69 Å². The van der Waals surface area contributed by atoms with Gasteiger partial charge in [0.2, 0.25) is 0 Å². The van der Waals surface area contributed by atoms with Crippen LogP contribution in [0.4, 0.5) is 0 Å². The van der Waals surface area contributed by atoms with Crippen molar-refractivity contribution in [2.24, 2.45) is 5.92 Å². The molecule has 20 heavy (non-hydrogen) atoms. The molecule has 1 aliphatic carbocycles. The Kier molecular flexibility index (Phi) is 4.68. The summed E-state index contributed by atoms with van der Waals surface area (Å²) in [7, 11) is 0. The fourth-order valence-electron chi connectivity index (χ4n) is 2.61. The molecule has 0 bridgehead atoms. The fraction of sp³-hybridized carbons (Fsp3) is 0.500. The maximum atomic E-state index is 12.2. The van der Waals surface area contributed by atoms with Gasteiger partial charge in [0.25, 0.3) is 5.91 Å². The van der Waals surface area contributed by atoms with Gasteiger partial charge in [-0.2, -0.15) is 0 Å². The summed E-state index contributed by atoms with van der Waals surface area (Å²) in [6, 6.07) is 2.72. The number of pyridine rings is 1. The van der Waals surface area contributed by atoms with Crippen molar-refractivity contribution in [3.8, 4) is 0 Å². The SMILES string of the molecule is O=C(O)c1cccnc1C(=O)NC1CCCCC1CO. The molecule has 1 aliphatic rings. The largest absolute Gasteiger partial charge is 0.478 e. The molecule has 1 amide bonds. The van der Waals surface area contributed by atoms with E-state index < -0.39 is 11.9 Å². The predicted molar refractivity (Wildman–Crippen MR) is 71.5 cm³/mol. The molecule has 108 valence electrons. The van der Waals surface area contributed by atoms with E-state index in [1.54, 1.807) is 0 Å². The van der Waals surface area contributed by atoms with Crippen molar-refractivity contribution >= 4 is 11.9 Å². The number of aromatic carboxylic acids is 1. The van der Waals surface area contributed by atoms with E-state index in [9.17, 15) is 14.7 Å². The lowest BCUT2D eigenvalue weighted by Gasteiger charge is -2.30. The summed E-state index contributed by atoms with van der Waals surface area (Å²) < 4.78 is 0. The standard InChI is InChI=1S/C14H18N2O4/c17-8-9-4-1-2-6-11(9)16-13(18)12-10(14(19)20)5-3-7-15-12/h3,5,7,9,11,17H,1-2,4,6,8H2,(H,16,18)(H,19,20). The number of nitrogens with zero attached hydrogens (tertiary/aromatic N) is 1. The van der Waals surface area contributed by atoms with Crippen molar-refractivity contribution in [3.63, 3.8) is 0 Å². The highest BCUT2D eigenvalue weighted by atomic mass is 16.4. The molecule has 2 atom stereocenters. The number of carboxylic acids is 1. The first kappa shape index (κ1) is 14.5. The number of hydrogen-bond acceptors (Lipinski definition) is 4. The summed E-state index contributed by atoms with van der Waals surface area (Å²) in [6.07, 6.45) is 5.10. The topological polar surface area (TPSA) is 99.5 Å². The van der Waals surface area contributed by atoms with Crippen LogP contribution in [-0.2, 0) is 0 Å². The molecule has 0 radical (unpaired) electrons. The number of carbonyl (C=O) groups is 2. The first-order chi connectivity index (χ1) is 9.63. The maximum absolute atomic E-state index is 12.2. The van der Waals surface area contributed by atoms with E-state index in [0.717, 1.165) is 25.7 Å². The van der Waals surface area contributed by atoms with Crippen LogP contribution in [0.3, 0.4) is 0 Å². The van der Waals surface area contributed by atoms with Crippen LogP contribution in [0, 0.1) is 5.92 Å². The first-order valence-electron chi connectivity index (χ1n) is 6.73. The number of rotatable bonds is 4. The van der Waals surface area contributed by atoms with E-state index in [4.69, 9.17) is 5.11 Å². The molecule has 6 heteroatoms. The van der Waals surface area contributed by atoms with E-state index in [1.165, 1.54) is 18.3 Å². The zero-order valence-electron chi connectivity index (χ0n) is 11.1. The molecule has 6 nitrogen and oxygen atoms in total. The highest BCUT2D eigenvalue weighted by molar-refractivity contribution is 6.03. The normalized spacial score (nSPS) is 22.2. The number of carbonyl (C=O) groups excluding carboxylic acids is 1. The summed E-state index contributed by atoms with van der Waals surface area (Å²) in [5.41, 5.74) is -0.191. The lowest BCUT2D eigenvalue weighted by atomic mass is 9.85. The Balaban J connectivity index is 2.13. The van der Waals surface area contributed by atoms with E-state index in [-0.39, 0.29) is 29.8 Å². The fourth-order valence-corrected chi connectivity index (χ4v) is 2.61. The van der Waals surface area contributed by atoms with Crippen LogP contribution in [0.25, 0.3) is 0 Å². The van der Waals surface area contributed by atoms with Crippen LogP contribution in [0.15, 0.2) is 18.3 Å². The van der Waals surface area contributed by atoms with Crippen LogP contribution in [0.2, 0.25) is 0 Å². The Morgan fingerprint density at radius 3 is 2.80 bits per heavy atom. The highest BCUT2D eigenvalue weighted by Crippen LogP contribution is 2.24. The molecule has 1 aromatic heterocycles. The molecular formula is C14H18N2O4. The molecule has 2 rings (SSSR count). The van der Waals surface area contributed by atoms with Gasteiger partial charge in [-0.3, -0.25) is 9.78 Å². The zero-order chi connectivity index (χ0) is 14.5. The molecule has 3 N–H and O–H groups in total. The van der Waals surface area contributed by atoms with Crippen molar-refractivity contribution in [1.82, 2.24) is 10.3 Å². The summed E-state index contributed by atoms with van der Waals surface area (Å²) in [5.74, 6) is -1.64. The van der Waals surface area contributed by atoms with Crippen molar-refractivity contribution in [2.45, 2.75) is 31.7 Å². The minimum Gasteiger partial charge on any atom is -0.478 e. The first-order valence-corrected chi connectivity index (χ1v) is 6.73. The predicted octanol–water partition coefficient (Wildman–Crippen LogP) is 1.06. The Bertz CT molecular complexity index is 504. The zero-order valence-corrected chi connectivity index (χ0v) is 11.1. The number of aliphatic hydroxyl groups is 1. The second-order valence-corrected chi connectivity index (χ2v) is 5.01. The van der Waals surface area contributed by atoms with E-state index in [1.807, 2.05) is 0 Å². The second-order valence-electron chi connectivity index (χ2n) is 5.01. The van der Waals surface area contributed by atoms with Gasteiger partial charge in [-0.1, -0.05) is 12.8 Å². The third-order valence-electron chi connectivity index (χ3n) is 3.71. The molecule has 1 heterocycles. The molecule has 0 saturated heterocycles. The summed E-state index contributed by atoms with van der Waals surface area (Å²) >= 11 is 0. The van der Waals surface area contributed by atoms with Crippen molar-refractivity contribution in [1.29, 1.82) is 0 Å². The Labute approximate surface area is 116 Å². The summed E-state index contributed by atoms with van der Waals surface area (Å²) in [6.45, 7) is 0.0267. The lowest BCUT2D eigenvalue weighted by Crippen LogP contribution is -2.44.